The predicted molar refractivity (Wildman–Crippen MR) is 401 cm³/mol. The summed E-state index contributed by atoms with van der Waals surface area (Å²) in [5.74, 6) is -2.13. The van der Waals surface area contributed by atoms with E-state index in [1.165, 1.54) is 18.3 Å². The van der Waals surface area contributed by atoms with Crippen LogP contribution in [0.15, 0.2) is 155 Å². The van der Waals surface area contributed by atoms with Crippen molar-refractivity contribution < 1.29 is 62.1 Å². The SMILES string of the molecule is CCN(CC)c1ccc2c(c1)Oc1cc(OCc3ccc(B4OC(C)(C)C(C)(C)O4)cc3)c(COC(=O)OC3(CC)C(=O)OCc4c3cc3n(c4=O)Cc4cc5ccccc5nc4-3)cc1C21c2ccccc2CN1CCNC(=O)CCC(NC(=O)c1ccc(NCc2cnc3[nH]c(N)nc(=O)c3n2)cc1)C(=O)O. The molecule has 0 saturated carbocycles. The average molecular weight is 1460 g/mol. The molecule has 1 saturated heterocycles. The first-order valence-corrected chi connectivity index (χ1v) is 36.0. The largest absolute Gasteiger partial charge is 0.510 e. The molecule has 1 fully saturated rings. The van der Waals surface area contributed by atoms with Crippen molar-refractivity contribution >= 4 is 81.9 Å². The maximum Gasteiger partial charge on any atom is 0.510 e. The van der Waals surface area contributed by atoms with Crippen molar-refractivity contribution in [3.8, 4) is 28.6 Å². The average Bonchev–Trinajstić information content (AvgIpc) is 1.42. The van der Waals surface area contributed by atoms with Gasteiger partial charge in [-0.05, 0) is 131 Å². The van der Waals surface area contributed by atoms with Gasteiger partial charge in [-0.3, -0.25) is 24.1 Å². The zero-order valence-electron chi connectivity index (χ0n) is 60.6. The van der Waals surface area contributed by atoms with E-state index >= 15 is 0 Å². The number of ether oxygens (including phenoxy) is 5. The number of para-hydroxylation sites is 1. The number of amides is 2. The normalized spacial score (nSPS) is 17.8. The summed E-state index contributed by atoms with van der Waals surface area (Å²) in [6, 6.07) is 41.8. The maximum absolute atomic E-state index is 14.8. The summed E-state index contributed by atoms with van der Waals surface area (Å²) in [5.41, 5.74) is 10.8. The monoisotopic (exact) mass is 1460 g/mol. The van der Waals surface area contributed by atoms with E-state index in [1.807, 2.05) is 107 Å². The second-order valence-corrected chi connectivity index (χ2v) is 28.4. The molecule has 5 aliphatic rings. The number of anilines is 3. The number of pyridine rings is 2. The minimum atomic E-state index is -2.10. The summed E-state index contributed by atoms with van der Waals surface area (Å²) >= 11 is 0. The van der Waals surface area contributed by atoms with Gasteiger partial charge in [-0.15, -0.1) is 0 Å². The molecule has 28 heteroatoms. The minimum absolute atomic E-state index is 0.0257. The number of aliphatic carboxylic acids is 1. The fourth-order valence-electron chi connectivity index (χ4n) is 15.0. The lowest BCUT2D eigenvalue weighted by Crippen LogP contribution is -2.48. The highest BCUT2D eigenvalue weighted by Crippen LogP contribution is 2.59. The maximum atomic E-state index is 14.8. The molecule has 0 radical (unpaired) electrons. The highest BCUT2D eigenvalue weighted by Gasteiger charge is 2.55. The van der Waals surface area contributed by atoms with E-state index in [1.54, 1.807) is 35.8 Å². The molecule has 1 spiro atoms. The van der Waals surface area contributed by atoms with E-state index in [2.05, 4.69) is 83.8 Å². The number of nitrogens with two attached hydrogens (primary N) is 1. The van der Waals surface area contributed by atoms with E-state index in [0.717, 1.165) is 49.9 Å². The number of hydrogen-bond acceptors (Lipinski definition) is 22. The van der Waals surface area contributed by atoms with Crippen LogP contribution >= 0.6 is 0 Å². The first-order chi connectivity index (χ1) is 52.0. The molecule has 0 bridgehead atoms. The molecule has 3 atom stereocenters. The fourth-order valence-corrected chi connectivity index (χ4v) is 15.0. The molecular weight excluding hydrogens is 1380 g/mol. The van der Waals surface area contributed by atoms with E-state index in [-0.39, 0.29) is 98.2 Å². The summed E-state index contributed by atoms with van der Waals surface area (Å²) in [4.78, 5) is 121. The minimum Gasteiger partial charge on any atom is -0.488 e. The van der Waals surface area contributed by atoms with Gasteiger partial charge in [0.05, 0.1) is 58.7 Å². The Labute approximate surface area is 620 Å². The zero-order chi connectivity index (χ0) is 75.6. The Morgan fingerprint density at radius 2 is 1.54 bits per heavy atom. The Morgan fingerprint density at radius 1 is 0.787 bits per heavy atom. The molecule has 10 aromatic rings. The molecular formula is C80H79BN12O15. The third-order valence-corrected chi connectivity index (χ3v) is 21.5. The van der Waals surface area contributed by atoms with Gasteiger partial charge in [-0.25, -0.2) is 29.3 Å². The number of aromatic amines is 1. The van der Waals surface area contributed by atoms with Crippen LogP contribution in [0.3, 0.4) is 0 Å². The van der Waals surface area contributed by atoms with Gasteiger partial charge in [-0.2, -0.15) is 4.98 Å². The molecule has 3 unspecified atom stereocenters. The van der Waals surface area contributed by atoms with Crippen molar-refractivity contribution in [3.63, 3.8) is 0 Å². The Balaban J connectivity index is 0.710. The van der Waals surface area contributed by atoms with Crippen LogP contribution in [0.4, 0.5) is 22.1 Å². The van der Waals surface area contributed by atoms with Crippen molar-refractivity contribution in [2.75, 3.05) is 42.1 Å². The van der Waals surface area contributed by atoms with Gasteiger partial charge < -0.3 is 74.2 Å². The van der Waals surface area contributed by atoms with Crippen LogP contribution in [-0.4, -0.2) is 120 Å². The summed E-state index contributed by atoms with van der Waals surface area (Å²) in [6.07, 6.45) is -0.347. The van der Waals surface area contributed by atoms with Crippen LogP contribution in [0.2, 0.25) is 0 Å². The molecule has 4 aromatic heterocycles. The molecule has 15 rings (SSSR count). The molecule has 2 amide bonds. The van der Waals surface area contributed by atoms with Crippen LogP contribution < -0.4 is 52.6 Å². The van der Waals surface area contributed by atoms with Crippen molar-refractivity contribution in [3.05, 3.63) is 228 Å². The first-order valence-electron chi connectivity index (χ1n) is 36.0. The molecule has 27 nitrogen and oxygen atoms in total. The summed E-state index contributed by atoms with van der Waals surface area (Å²) < 4.78 is 46.5. The highest BCUT2D eigenvalue weighted by molar-refractivity contribution is 6.62. The first kappa shape index (κ1) is 71.6. The predicted octanol–water partition coefficient (Wildman–Crippen LogP) is 9.38. The number of nitrogen functional groups attached to an aromatic ring is 1. The van der Waals surface area contributed by atoms with Crippen molar-refractivity contribution in [2.24, 2.45) is 0 Å². The summed E-state index contributed by atoms with van der Waals surface area (Å²) in [6.45, 7) is 15.6. The number of carboxylic acid groups (broad SMARTS) is 1. The number of cyclic esters (lactones) is 1. The Hall–Kier alpha value is -12.0. The molecule has 7 N–H and O–H groups in total. The lowest BCUT2D eigenvalue weighted by Gasteiger charge is -2.45. The van der Waals surface area contributed by atoms with Crippen LogP contribution in [0.1, 0.15) is 134 Å². The summed E-state index contributed by atoms with van der Waals surface area (Å²) in [7, 11) is -0.601. The number of benzene rings is 6. The Morgan fingerprint density at radius 3 is 2.30 bits per heavy atom. The number of esters is 1. The number of nitrogens with zero attached hydrogens (tertiary/aromatic N) is 7. The van der Waals surface area contributed by atoms with E-state index in [9.17, 15) is 38.7 Å². The number of carboxylic acids is 1. The molecule has 552 valence electrons. The number of carbonyl (C=O) groups excluding carboxylic acids is 4. The fraction of sp³-hybridized carbons (Fsp3) is 0.312. The van der Waals surface area contributed by atoms with E-state index < -0.39 is 83.1 Å². The number of H-pyrrole nitrogens is 1. The van der Waals surface area contributed by atoms with E-state index in [4.69, 9.17) is 43.7 Å². The Kier molecular flexibility index (Phi) is 18.8. The van der Waals surface area contributed by atoms with Gasteiger partial charge in [0.25, 0.3) is 11.5 Å². The number of aromatic nitrogens is 6. The second-order valence-electron chi connectivity index (χ2n) is 28.4. The van der Waals surface area contributed by atoms with Crippen molar-refractivity contribution in [2.45, 2.75) is 136 Å². The van der Waals surface area contributed by atoms with Gasteiger partial charge in [0, 0.05) is 101 Å². The lowest BCUT2D eigenvalue weighted by molar-refractivity contribution is -0.175. The topological polar surface area (TPSA) is 345 Å². The van der Waals surface area contributed by atoms with Gasteiger partial charge in [0.1, 0.15) is 48.6 Å². The zero-order valence-corrected chi connectivity index (χ0v) is 60.6. The van der Waals surface area contributed by atoms with Gasteiger partial charge >= 0.3 is 30.8 Å². The standard InChI is InChI=1S/C80H79BN12O15/c1-8-79(58-36-62-67-49(33-47-15-12-14-18-60(47)87-67)41-93(62)72(97)55(58)44-103-74(79)100)106-76(101)104-43-50-34-59-65(37-63(50)102-42-45-19-23-51(24-20-45)81-107-77(4,5)78(6,7)108-81)105-64-35-54(91(9-2)10-3)27-28-57(64)80(59)56-17-13-11-16-48(56)40-92(80)32-31-83-66(94)30-29-61(73(98)99)88-70(95)46-21-25-52(26-22-46)84-38-53-39-85-69-68(86-53)71(96)90-75(82)89-69/h11-28,33-37,39,61,84H,8-10,29-32,38,40-44H2,1-7H3,(H,83,94)(H,88,95)(H,98,99)(H3,82,85,89,90,96). The smallest absolute Gasteiger partial charge is 0.488 e. The number of hydrogen-bond donors (Lipinski definition) is 6. The van der Waals surface area contributed by atoms with Crippen LogP contribution in [0.5, 0.6) is 17.2 Å². The van der Waals surface area contributed by atoms with E-state index in [0.29, 0.717) is 65.0 Å². The molecule has 9 heterocycles. The third-order valence-electron chi connectivity index (χ3n) is 21.5. The number of nitrogens with one attached hydrogen (secondary N) is 4. The van der Waals surface area contributed by atoms with Gasteiger partial charge in [-0.1, -0.05) is 79.7 Å². The van der Waals surface area contributed by atoms with Crippen LogP contribution in [-0.2, 0) is 88.5 Å². The molecule has 108 heavy (non-hydrogen) atoms. The highest BCUT2D eigenvalue weighted by atomic mass is 16.7. The van der Waals surface area contributed by atoms with Crippen molar-refractivity contribution in [1.82, 2.24) is 45.0 Å². The molecule has 6 aromatic carbocycles. The third kappa shape index (κ3) is 13.0. The van der Waals surface area contributed by atoms with Crippen LogP contribution in [0, 0.1) is 0 Å². The molecule has 0 aliphatic carbocycles. The Bertz CT molecular complexity index is 5400. The number of fused-ring (bicyclic) bond motifs is 12. The lowest BCUT2D eigenvalue weighted by atomic mass is 9.74. The number of carbonyl (C=O) groups is 5. The molecule has 5 aliphatic heterocycles. The van der Waals surface area contributed by atoms with Crippen molar-refractivity contribution in [1.29, 1.82) is 0 Å². The number of rotatable bonds is 23. The van der Waals surface area contributed by atoms with Crippen LogP contribution in [0.25, 0.3) is 33.5 Å². The quantitative estimate of drug-likeness (QED) is 0.0256. The van der Waals surface area contributed by atoms with Gasteiger partial charge in [0.15, 0.2) is 11.2 Å². The summed E-state index contributed by atoms with van der Waals surface area (Å²) in [5, 5.41) is 20.0. The second kappa shape index (κ2) is 28.4. The van der Waals surface area contributed by atoms with Gasteiger partial charge in [0.2, 0.25) is 17.5 Å².